The van der Waals surface area contributed by atoms with Crippen LogP contribution < -0.4 is 9.62 Å². The highest BCUT2D eigenvalue weighted by Crippen LogP contribution is 2.26. The number of hydrogen-bond donors (Lipinski definition) is 1. The molecule has 0 aromatic heterocycles. The molecule has 30 heavy (non-hydrogen) atoms. The van der Waals surface area contributed by atoms with Gasteiger partial charge in [0.05, 0.1) is 16.6 Å². The van der Waals surface area contributed by atoms with E-state index in [0.29, 0.717) is 15.7 Å². The molecular formula is C22H20BrFN2O3S. The predicted octanol–water partition coefficient (Wildman–Crippen LogP) is 4.66. The Bertz CT molecular complexity index is 1120. The van der Waals surface area contributed by atoms with Crippen LogP contribution in [0, 0.1) is 5.82 Å². The van der Waals surface area contributed by atoms with Crippen LogP contribution >= 0.6 is 15.9 Å². The first-order chi connectivity index (χ1) is 14.3. The number of rotatable bonds is 7. The van der Waals surface area contributed by atoms with E-state index in [1.165, 1.54) is 24.3 Å². The standard InChI is InChI=1S/C22H20BrFN2O3S/c1-16(17-10-12-19(24)13-11-17)25-22(27)15-26(20-7-5-6-18(23)14-20)30(28,29)21-8-3-2-4-9-21/h2-14,16H,15H2,1H3,(H,25,27). The molecule has 1 atom stereocenters. The molecule has 0 aliphatic carbocycles. The molecule has 0 saturated heterocycles. The molecule has 0 heterocycles. The molecule has 0 radical (unpaired) electrons. The van der Waals surface area contributed by atoms with E-state index in [1.807, 2.05) is 0 Å². The van der Waals surface area contributed by atoms with Gasteiger partial charge in [-0.25, -0.2) is 12.8 Å². The Morgan fingerprint density at radius 2 is 1.70 bits per heavy atom. The van der Waals surface area contributed by atoms with Gasteiger partial charge in [0.2, 0.25) is 5.91 Å². The molecule has 1 amide bonds. The molecule has 0 aliphatic rings. The molecule has 0 bridgehead atoms. The Kier molecular flexibility index (Phi) is 6.89. The van der Waals surface area contributed by atoms with Crippen LogP contribution in [0.25, 0.3) is 0 Å². The summed E-state index contributed by atoms with van der Waals surface area (Å²) in [5.41, 5.74) is 1.07. The van der Waals surface area contributed by atoms with Gasteiger partial charge in [-0.1, -0.05) is 52.3 Å². The van der Waals surface area contributed by atoms with Crippen LogP contribution in [0.15, 0.2) is 88.2 Å². The molecule has 3 aromatic carbocycles. The van der Waals surface area contributed by atoms with Crippen LogP contribution in [0.2, 0.25) is 0 Å². The van der Waals surface area contributed by atoms with Crippen LogP contribution in [0.5, 0.6) is 0 Å². The zero-order valence-corrected chi connectivity index (χ0v) is 18.5. The van der Waals surface area contributed by atoms with Crippen LogP contribution in [0.4, 0.5) is 10.1 Å². The van der Waals surface area contributed by atoms with Crippen molar-refractivity contribution in [1.29, 1.82) is 0 Å². The van der Waals surface area contributed by atoms with Gasteiger partial charge in [-0.2, -0.15) is 0 Å². The number of nitrogens with one attached hydrogen (secondary N) is 1. The van der Waals surface area contributed by atoms with Crippen molar-refractivity contribution in [3.05, 3.63) is 94.7 Å². The van der Waals surface area contributed by atoms with Crippen LogP contribution in [0.3, 0.4) is 0 Å². The van der Waals surface area contributed by atoms with Gasteiger partial charge in [-0.15, -0.1) is 0 Å². The van der Waals surface area contributed by atoms with Crippen molar-refractivity contribution in [2.45, 2.75) is 17.9 Å². The van der Waals surface area contributed by atoms with Gasteiger partial charge in [0.1, 0.15) is 12.4 Å². The van der Waals surface area contributed by atoms with E-state index in [4.69, 9.17) is 0 Å². The second-order valence-electron chi connectivity index (χ2n) is 6.65. The fourth-order valence-electron chi connectivity index (χ4n) is 2.92. The van der Waals surface area contributed by atoms with Crippen molar-refractivity contribution in [2.75, 3.05) is 10.8 Å². The first-order valence-corrected chi connectivity index (χ1v) is 11.4. The average molecular weight is 491 g/mol. The molecule has 1 N–H and O–H groups in total. The van der Waals surface area contributed by atoms with E-state index in [-0.39, 0.29) is 10.7 Å². The summed E-state index contributed by atoms with van der Waals surface area (Å²) in [4.78, 5) is 12.8. The molecule has 1 unspecified atom stereocenters. The van der Waals surface area contributed by atoms with Gasteiger partial charge in [-0.05, 0) is 55.0 Å². The predicted molar refractivity (Wildman–Crippen MR) is 118 cm³/mol. The first-order valence-electron chi connectivity index (χ1n) is 9.15. The summed E-state index contributed by atoms with van der Waals surface area (Å²) < 4.78 is 41.4. The number of hydrogen-bond acceptors (Lipinski definition) is 3. The summed E-state index contributed by atoms with van der Waals surface area (Å²) in [5, 5.41) is 2.77. The minimum absolute atomic E-state index is 0.0874. The zero-order chi connectivity index (χ0) is 21.7. The highest BCUT2D eigenvalue weighted by molar-refractivity contribution is 9.10. The normalized spacial score (nSPS) is 12.2. The average Bonchev–Trinajstić information content (AvgIpc) is 2.73. The molecule has 0 aliphatic heterocycles. The van der Waals surface area contributed by atoms with E-state index >= 15 is 0 Å². The molecule has 0 saturated carbocycles. The third-order valence-corrected chi connectivity index (χ3v) is 6.74. The Morgan fingerprint density at radius 3 is 2.33 bits per heavy atom. The van der Waals surface area contributed by atoms with Crippen molar-refractivity contribution in [3.8, 4) is 0 Å². The smallest absolute Gasteiger partial charge is 0.264 e. The Labute approximate surface area is 183 Å². The van der Waals surface area contributed by atoms with E-state index in [0.717, 1.165) is 4.31 Å². The molecule has 3 rings (SSSR count). The van der Waals surface area contributed by atoms with Crippen molar-refractivity contribution < 1.29 is 17.6 Å². The lowest BCUT2D eigenvalue weighted by atomic mass is 10.1. The number of halogens is 2. The number of carbonyl (C=O) groups excluding carboxylic acids is 1. The first kappa shape index (κ1) is 22.0. The van der Waals surface area contributed by atoms with E-state index in [1.54, 1.807) is 61.5 Å². The monoisotopic (exact) mass is 490 g/mol. The highest BCUT2D eigenvalue weighted by atomic mass is 79.9. The van der Waals surface area contributed by atoms with Crippen molar-refractivity contribution >= 4 is 37.5 Å². The summed E-state index contributed by atoms with van der Waals surface area (Å²) in [5.74, 6) is -0.849. The molecule has 8 heteroatoms. The Balaban J connectivity index is 1.87. The fourth-order valence-corrected chi connectivity index (χ4v) is 4.74. The number of amides is 1. The topological polar surface area (TPSA) is 66.5 Å². The van der Waals surface area contributed by atoms with E-state index in [2.05, 4.69) is 21.2 Å². The lowest BCUT2D eigenvalue weighted by molar-refractivity contribution is -0.120. The third-order valence-electron chi connectivity index (χ3n) is 4.46. The lowest BCUT2D eigenvalue weighted by Gasteiger charge is -2.25. The van der Waals surface area contributed by atoms with E-state index < -0.39 is 28.5 Å². The van der Waals surface area contributed by atoms with Gasteiger partial charge in [-0.3, -0.25) is 9.10 Å². The number of sulfonamides is 1. The summed E-state index contributed by atoms with van der Waals surface area (Å²) in [6, 6.07) is 20.0. The van der Waals surface area contributed by atoms with Gasteiger partial charge >= 0.3 is 0 Å². The van der Waals surface area contributed by atoms with Gasteiger partial charge in [0.15, 0.2) is 0 Å². The fraction of sp³-hybridized carbons (Fsp3) is 0.136. The largest absolute Gasteiger partial charge is 0.348 e. The minimum Gasteiger partial charge on any atom is -0.348 e. The summed E-state index contributed by atoms with van der Waals surface area (Å²) in [7, 11) is -3.97. The third kappa shape index (κ3) is 5.25. The second-order valence-corrected chi connectivity index (χ2v) is 9.42. The van der Waals surface area contributed by atoms with Crippen LogP contribution in [-0.2, 0) is 14.8 Å². The maximum atomic E-state index is 13.3. The molecule has 0 spiro atoms. The molecular weight excluding hydrogens is 471 g/mol. The van der Waals surface area contributed by atoms with Gasteiger partial charge in [0.25, 0.3) is 10.0 Å². The zero-order valence-electron chi connectivity index (χ0n) is 16.1. The summed E-state index contributed by atoms with van der Waals surface area (Å²) in [6.07, 6.45) is 0. The maximum absolute atomic E-state index is 13.3. The molecule has 3 aromatic rings. The van der Waals surface area contributed by atoms with Gasteiger partial charge < -0.3 is 5.32 Å². The maximum Gasteiger partial charge on any atom is 0.264 e. The minimum atomic E-state index is -3.97. The molecule has 0 fully saturated rings. The second kappa shape index (κ2) is 9.40. The summed E-state index contributed by atoms with van der Waals surface area (Å²) in [6.45, 7) is 1.35. The Morgan fingerprint density at radius 1 is 1.03 bits per heavy atom. The summed E-state index contributed by atoms with van der Waals surface area (Å²) >= 11 is 3.34. The highest BCUT2D eigenvalue weighted by Gasteiger charge is 2.27. The number of nitrogens with zero attached hydrogens (tertiary/aromatic N) is 1. The quantitative estimate of drug-likeness (QED) is 0.523. The Hall–Kier alpha value is -2.71. The number of anilines is 1. The molecule has 156 valence electrons. The lowest BCUT2D eigenvalue weighted by Crippen LogP contribution is -2.41. The number of benzene rings is 3. The van der Waals surface area contributed by atoms with Crippen molar-refractivity contribution in [2.24, 2.45) is 0 Å². The number of carbonyl (C=O) groups is 1. The van der Waals surface area contributed by atoms with Crippen LogP contribution in [0.1, 0.15) is 18.5 Å². The van der Waals surface area contributed by atoms with E-state index in [9.17, 15) is 17.6 Å². The van der Waals surface area contributed by atoms with Crippen molar-refractivity contribution in [3.63, 3.8) is 0 Å². The SMILES string of the molecule is CC(NC(=O)CN(c1cccc(Br)c1)S(=O)(=O)c1ccccc1)c1ccc(F)cc1. The molecule has 5 nitrogen and oxygen atoms in total. The van der Waals surface area contributed by atoms with Crippen molar-refractivity contribution in [1.82, 2.24) is 5.32 Å². The van der Waals surface area contributed by atoms with Crippen LogP contribution in [-0.4, -0.2) is 20.9 Å². The van der Waals surface area contributed by atoms with Gasteiger partial charge in [0, 0.05) is 4.47 Å².